The van der Waals surface area contributed by atoms with Gasteiger partial charge in [0.25, 0.3) is 0 Å². The van der Waals surface area contributed by atoms with Crippen molar-refractivity contribution in [3.63, 3.8) is 0 Å². The minimum absolute atomic E-state index is 0.135. The summed E-state index contributed by atoms with van der Waals surface area (Å²) in [5.41, 5.74) is 3.21. The average Bonchev–Trinajstić information content (AvgIpc) is 2.42. The van der Waals surface area contributed by atoms with Gasteiger partial charge >= 0.3 is 0 Å². The number of amides is 1. The van der Waals surface area contributed by atoms with Crippen molar-refractivity contribution < 1.29 is 4.79 Å². The zero-order chi connectivity index (χ0) is 15.2. The first-order valence-corrected chi connectivity index (χ1v) is 8.24. The number of nitrogens with one attached hydrogen (secondary N) is 2. The van der Waals surface area contributed by atoms with Gasteiger partial charge in [0.2, 0.25) is 5.91 Å². The lowest BCUT2D eigenvalue weighted by molar-refractivity contribution is -0.121. The molecule has 2 N–H and O–H groups in total. The first-order chi connectivity index (χ1) is 10.1. The smallest absolute Gasteiger partial charge is 0.221 e. The van der Waals surface area contributed by atoms with E-state index >= 15 is 0 Å². The molecule has 0 saturated heterocycles. The van der Waals surface area contributed by atoms with Crippen LogP contribution in [0.2, 0.25) is 5.02 Å². The first-order valence-electron chi connectivity index (χ1n) is 7.86. The quantitative estimate of drug-likeness (QED) is 0.855. The molecule has 0 spiro atoms. The molecule has 0 unspecified atom stereocenters. The van der Waals surface area contributed by atoms with E-state index in [0.717, 1.165) is 34.7 Å². The molecule has 0 bridgehead atoms. The molecule has 1 aliphatic rings. The summed E-state index contributed by atoms with van der Waals surface area (Å²) < 4.78 is 0. The van der Waals surface area contributed by atoms with Crippen LogP contribution in [0.25, 0.3) is 0 Å². The van der Waals surface area contributed by atoms with Crippen molar-refractivity contribution in [3.8, 4) is 0 Å². The van der Waals surface area contributed by atoms with Gasteiger partial charge in [0.1, 0.15) is 0 Å². The molecule has 116 valence electrons. The molecule has 1 saturated carbocycles. The Morgan fingerprint density at radius 2 is 1.95 bits per heavy atom. The highest BCUT2D eigenvalue weighted by molar-refractivity contribution is 6.33. The second-order valence-corrected chi connectivity index (χ2v) is 6.43. The summed E-state index contributed by atoms with van der Waals surface area (Å²) >= 11 is 6.24. The van der Waals surface area contributed by atoms with Gasteiger partial charge in [-0.2, -0.15) is 0 Å². The number of carbonyl (C=O) groups is 1. The van der Waals surface area contributed by atoms with Crippen LogP contribution in [0.1, 0.15) is 49.7 Å². The van der Waals surface area contributed by atoms with E-state index in [0.29, 0.717) is 19.0 Å². The van der Waals surface area contributed by atoms with Crippen molar-refractivity contribution >= 4 is 23.2 Å². The third-order valence-corrected chi connectivity index (χ3v) is 4.35. The first kappa shape index (κ1) is 16.2. The average molecular weight is 309 g/mol. The van der Waals surface area contributed by atoms with Crippen molar-refractivity contribution in [1.82, 2.24) is 5.32 Å². The van der Waals surface area contributed by atoms with Crippen molar-refractivity contribution in [2.75, 3.05) is 11.9 Å². The van der Waals surface area contributed by atoms with Gasteiger partial charge in [0, 0.05) is 19.0 Å². The molecule has 21 heavy (non-hydrogen) atoms. The number of halogens is 1. The second kappa shape index (κ2) is 7.69. The van der Waals surface area contributed by atoms with Crippen LogP contribution in [-0.2, 0) is 4.79 Å². The molecular weight excluding hydrogens is 284 g/mol. The van der Waals surface area contributed by atoms with Gasteiger partial charge in [-0.25, -0.2) is 0 Å². The maximum absolute atomic E-state index is 11.9. The molecule has 2 rings (SSSR count). The van der Waals surface area contributed by atoms with Gasteiger partial charge in [-0.1, -0.05) is 36.9 Å². The summed E-state index contributed by atoms with van der Waals surface area (Å²) in [7, 11) is 0. The van der Waals surface area contributed by atoms with E-state index in [2.05, 4.69) is 16.7 Å². The third kappa shape index (κ3) is 4.92. The summed E-state index contributed by atoms with van der Waals surface area (Å²) in [6.45, 7) is 4.67. The molecule has 0 atom stereocenters. The van der Waals surface area contributed by atoms with Crippen LogP contribution in [0, 0.1) is 13.8 Å². The Balaban J connectivity index is 1.77. The molecule has 0 radical (unpaired) electrons. The molecule has 1 aromatic carbocycles. The summed E-state index contributed by atoms with van der Waals surface area (Å²) in [6, 6.07) is 4.42. The van der Waals surface area contributed by atoms with Gasteiger partial charge in [0.15, 0.2) is 0 Å². The number of benzene rings is 1. The van der Waals surface area contributed by atoms with Crippen LogP contribution in [0.4, 0.5) is 5.69 Å². The molecule has 0 heterocycles. The molecule has 1 amide bonds. The van der Waals surface area contributed by atoms with Crippen molar-refractivity contribution in [1.29, 1.82) is 0 Å². The van der Waals surface area contributed by atoms with E-state index in [9.17, 15) is 4.79 Å². The maximum Gasteiger partial charge on any atom is 0.221 e. The Morgan fingerprint density at radius 3 is 2.62 bits per heavy atom. The van der Waals surface area contributed by atoms with Gasteiger partial charge in [-0.15, -0.1) is 0 Å². The number of anilines is 1. The van der Waals surface area contributed by atoms with Crippen molar-refractivity contribution in [2.45, 2.75) is 58.4 Å². The summed E-state index contributed by atoms with van der Waals surface area (Å²) in [6.07, 6.45) is 6.52. The fourth-order valence-electron chi connectivity index (χ4n) is 2.99. The fourth-order valence-corrected chi connectivity index (χ4v) is 3.38. The topological polar surface area (TPSA) is 41.1 Å². The van der Waals surface area contributed by atoms with Gasteiger partial charge in [-0.05, 0) is 43.9 Å². The van der Waals surface area contributed by atoms with E-state index in [4.69, 9.17) is 11.6 Å². The number of carbonyl (C=O) groups excluding carboxylic acids is 1. The third-order valence-electron chi connectivity index (χ3n) is 4.06. The molecule has 1 aromatic rings. The van der Waals surface area contributed by atoms with Gasteiger partial charge in [-0.3, -0.25) is 4.79 Å². The van der Waals surface area contributed by atoms with Crippen molar-refractivity contribution in [3.05, 3.63) is 28.3 Å². The Kier molecular flexibility index (Phi) is 5.92. The number of aryl methyl sites for hydroxylation is 2. The lowest BCUT2D eigenvalue weighted by Gasteiger charge is -2.22. The van der Waals surface area contributed by atoms with Gasteiger partial charge in [0.05, 0.1) is 10.7 Å². The van der Waals surface area contributed by atoms with E-state index in [-0.39, 0.29) is 5.91 Å². The normalized spacial score (nSPS) is 15.8. The van der Waals surface area contributed by atoms with Crippen LogP contribution >= 0.6 is 11.6 Å². The maximum atomic E-state index is 11.9. The Hall–Kier alpha value is -1.22. The monoisotopic (exact) mass is 308 g/mol. The standard InChI is InChI=1S/C17H25ClN2O/c1-12-10-13(2)17(15(18)11-12)19-9-8-16(21)20-14-6-4-3-5-7-14/h10-11,14,19H,3-9H2,1-2H3,(H,20,21). The highest BCUT2D eigenvalue weighted by atomic mass is 35.5. The van der Waals surface area contributed by atoms with Crippen LogP contribution < -0.4 is 10.6 Å². The van der Waals surface area contributed by atoms with E-state index < -0.39 is 0 Å². The Labute approximate surface area is 132 Å². The van der Waals surface area contributed by atoms with Crippen LogP contribution in [0.15, 0.2) is 12.1 Å². The Bertz CT molecular complexity index is 473. The van der Waals surface area contributed by atoms with Crippen LogP contribution in [0.5, 0.6) is 0 Å². The zero-order valence-electron chi connectivity index (χ0n) is 13.0. The second-order valence-electron chi connectivity index (χ2n) is 6.02. The minimum atomic E-state index is 0.135. The molecule has 4 heteroatoms. The molecule has 1 aliphatic carbocycles. The summed E-state index contributed by atoms with van der Waals surface area (Å²) in [5.74, 6) is 0.135. The summed E-state index contributed by atoms with van der Waals surface area (Å²) in [5, 5.41) is 7.14. The van der Waals surface area contributed by atoms with Gasteiger partial charge < -0.3 is 10.6 Å². The minimum Gasteiger partial charge on any atom is -0.383 e. The van der Waals surface area contributed by atoms with E-state index in [1.165, 1.54) is 19.3 Å². The summed E-state index contributed by atoms with van der Waals surface area (Å²) in [4.78, 5) is 11.9. The van der Waals surface area contributed by atoms with Crippen LogP contribution in [-0.4, -0.2) is 18.5 Å². The predicted octanol–water partition coefficient (Wildman–Crippen LogP) is 4.21. The van der Waals surface area contributed by atoms with Crippen LogP contribution in [0.3, 0.4) is 0 Å². The SMILES string of the molecule is Cc1cc(C)c(NCCC(=O)NC2CCCCC2)c(Cl)c1. The molecule has 0 aliphatic heterocycles. The lowest BCUT2D eigenvalue weighted by Crippen LogP contribution is -2.36. The van der Waals surface area contributed by atoms with Crippen molar-refractivity contribution in [2.24, 2.45) is 0 Å². The lowest BCUT2D eigenvalue weighted by atomic mass is 9.95. The Morgan fingerprint density at radius 1 is 1.24 bits per heavy atom. The number of rotatable bonds is 5. The number of hydrogen-bond donors (Lipinski definition) is 2. The largest absolute Gasteiger partial charge is 0.383 e. The number of hydrogen-bond acceptors (Lipinski definition) is 2. The zero-order valence-corrected chi connectivity index (χ0v) is 13.7. The fraction of sp³-hybridized carbons (Fsp3) is 0.588. The highest BCUT2D eigenvalue weighted by Gasteiger charge is 2.15. The van der Waals surface area contributed by atoms with E-state index in [1.807, 2.05) is 19.9 Å². The molecule has 1 fully saturated rings. The predicted molar refractivity (Wildman–Crippen MR) is 89.0 cm³/mol. The molecule has 0 aromatic heterocycles. The molecule has 3 nitrogen and oxygen atoms in total. The molecular formula is C17H25ClN2O. The van der Waals surface area contributed by atoms with E-state index in [1.54, 1.807) is 0 Å². The highest BCUT2D eigenvalue weighted by Crippen LogP contribution is 2.27.